The molecule has 0 aliphatic heterocycles. The van der Waals surface area contributed by atoms with Gasteiger partial charge in [0.05, 0.1) is 5.52 Å². The summed E-state index contributed by atoms with van der Waals surface area (Å²) in [4.78, 5) is 3.49. The molecular formula is C14H17NO. The zero-order valence-corrected chi connectivity index (χ0v) is 9.85. The van der Waals surface area contributed by atoms with Crippen molar-refractivity contribution in [3.63, 3.8) is 0 Å². The average Bonchev–Trinajstić information content (AvgIpc) is 2.65. The third-order valence-electron chi connectivity index (χ3n) is 3.80. The maximum atomic E-state index is 9.95. The fourth-order valence-electron chi connectivity index (χ4n) is 2.86. The smallest absolute Gasteiger partial charge is 0.123 e. The van der Waals surface area contributed by atoms with E-state index in [4.69, 9.17) is 0 Å². The minimum absolute atomic E-state index is 0.436. The Bertz CT molecular complexity index is 566. The van der Waals surface area contributed by atoms with Gasteiger partial charge in [-0.1, -0.05) is 0 Å². The third kappa shape index (κ3) is 1.19. The van der Waals surface area contributed by atoms with E-state index in [0.717, 1.165) is 23.1 Å². The van der Waals surface area contributed by atoms with Crippen LogP contribution in [0, 0.1) is 13.8 Å². The lowest BCUT2D eigenvalue weighted by molar-refractivity contribution is 0.468. The van der Waals surface area contributed by atoms with Crippen LogP contribution in [0.25, 0.3) is 10.9 Å². The fraction of sp³-hybridized carbons (Fsp3) is 0.429. The molecule has 2 aromatic rings. The summed E-state index contributed by atoms with van der Waals surface area (Å²) in [5, 5.41) is 11.3. The van der Waals surface area contributed by atoms with E-state index in [1.807, 2.05) is 13.8 Å². The molecular weight excluding hydrogens is 198 g/mol. The SMILES string of the molecule is Cc1cc2c3c([nH]c2c(C)c1O)CCCC3. The predicted molar refractivity (Wildman–Crippen MR) is 66.1 cm³/mol. The molecule has 2 N–H and O–H groups in total. The normalized spacial score (nSPS) is 15.4. The van der Waals surface area contributed by atoms with Gasteiger partial charge in [-0.15, -0.1) is 0 Å². The first kappa shape index (κ1) is 9.76. The number of aryl methyl sites for hydroxylation is 4. The zero-order chi connectivity index (χ0) is 11.3. The van der Waals surface area contributed by atoms with Crippen molar-refractivity contribution in [3.8, 4) is 5.75 Å². The third-order valence-corrected chi connectivity index (χ3v) is 3.80. The van der Waals surface area contributed by atoms with Crippen molar-refractivity contribution in [2.75, 3.05) is 0 Å². The van der Waals surface area contributed by atoms with E-state index in [2.05, 4.69) is 11.1 Å². The Morgan fingerprint density at radius 1 is 1.19 bits per heavy atom. The van der Waals surface area contributed by atoms with Crippen LogP contribution >= 0.6 is 0 Å². The summed E-state index contributed by atoms with van der Waals surface area (Å²) >= 11 is 0. The molecule has 2 nitrogen and oxygen atoms in total. The van der Waals surface area contributed by atoms with Crippen LogP contribution in [0.1, 0.15) is 35.2 Å². The number of H-pyrrole nitrogens is 1. The molecule has 2 heteroatoms. The Balaban J connectivity index is 2.39. The topological polar surface area (TPSA) is 36.0 Å². The van der Waals surface area contributed by atoms with Crippen LogP contribution in [0.3, 0.4) is 0 Å². The first-order chi connectivity index (χ1) is 7.68. The van der Waals surface area contributed by atoms with Crippen LogP contribution in [-0.2, 0) is 12.8 Å². The Morgan fingerprint density at radius 3 is 2.75 bits per heavy atom. The minimum Gasteiger partial charge on any atom is -0.507 e. The van der Waals surface area contributed by atoms with Gasteiger partial charge in [0.1, 0.15) is 5.75 Å². The lowest BCUT2D eigenvalue weighted by Gasteiger charge is -2.10. The number of benzene rings is 1. The highest BCUT2D eigenvalue weighted by molar-refractivity contribution is 5.90. The van der Waals surface area contributed by atoms with E-state index in [1.165, 1.54) is 35.9 Å². The van der Waals surface area contributed by atoms with Crippen molar-refractivity contribution in [2.24, 2.45) is 0 Å². The van der Waals surface area contributed by atoms with E-state index in [9.17, 15) is 5.11 Å². The van der Waals surface area contributed by atoms with Crippen LogP contribution in [0.2, 0.25) is 0 Å². The summed E-state index contributed by atoms with van der Waals surface area (Å²) in [6.07, 6.45) is 4.91. The van der Waals surface area contributed by atoms with Gasteiger partial charge < -0.3 is 10.1 Å². The molecule has 1 aliphatic carbocycles. The number of aromatic hydroxyl groups is 1. The van der Waals surface area contributed by atoms with Crippen molar-refractivity contribution >= 4 is 10.9 Å². The van der Waals surface area contributed by atoms with Crippen molar-refractivity contribution in [1.29, 1.82) is 0 Å². The van der Waals surface area contributed by atoms with E-state index in [-0.39, 0.29) is 0 Å². The Labute approximate surface area is 95.3 Å². The van der Waals surface area contributed by atoms with E-state index in [0.29, 0.717) is 5.75 Å². The van der Waals surface area contributed by atoms with Gasteiger partial charge >= 0.3 is 0 Å². The first-order valence-electron chi connectivity index (χ1n) is 6.01. The number of phenols is 1. The molecule has 16 heavy (non-hydrogen) atoms. The minimum atomic E-state index is 0.436. The van der Waals surface area contributed by atoms with Crippen molar-refractivity contribution in [2.45, 2.75) is 39.5 Å². The van der Waals surface area contributed by atoms with Gasteiger partial charge in [0.15, 0.2) is 0 Å². The van der Waals surface area contributed by atoms with Crippen molar-refractivity contribution < 1.29 is 5.11 Å². The van der Waals surface area contributed by atoms with Crippen LogP contribution in [0.4, 0.5) is 0 Å². The van der Waals surface area contributed by atoms with Crippen LogP contribution < -0.4 is 0 Å². The van der Waals surface area contributed by atoms with Gasteiger partial charge in [-0.25, -0.2) is 0 Å². The number of hydrogen-bond acceptors (Lipinski definition) is 1. The van der Waals surface area contributed by atoms with Gasteiger partial charge in [-0.05, 0) is 56.7 Å². The second-order valence-electron chi connectivity index (χ2n) is 4.88. The molecule has 0 unspecified atom stereocenters. The average molecular weight is 215 g/mol. The molecule has 0 spiro atoms. The van der Waals surface area contributed by atoms with Gasteiger partial charge in [-0.3, -0.25) is 0 Å². The Kier molecular flexibility index (Phi) is 2.00. The summed E-state index contributed by atoms with van der Waals surface area (Å²) < 4.78 is 0. The predicted octanol–water partition coefficient (Wildman–Crippen LogP) is 3.37. The molecule has 0 atom stereocenters. The molecule has 0 fully saturated rings. The number of hydrogen-bond donors (Lipinski definition) is 2. The molecule has 1 heterocycles. The largest absolute Gasteiger partial charge is 0.507 e. The molecule has 0 bridgehead atoms. The summed E-state index contributed by atoms with van der Waals surface area (Å²) in [5.41, 5.74) is 5.97. The summed E-state index contributed by atoms with van der Waals surface area (Å²) in [7, 11) is 0. The van der Waals surface area contributed by atoms with E-state index in [1.54, 1.807) is 0 Å². The van der Waals surface area contributed by atoms with Gasteiger partial charge in [0.2, 0.25) is 0 Å². The standard InChI is InChI=1S/C14H17NO/c1-8-7-11-10-5-3-4-6-12(10)15-13(11)9(2)14(8)16/h7,15-16H,3-6H2,1-2H3. The number of aromatic amines is 1. The van der Waals surface area contributed by atoms with E-state index < -0.39 is 0 Å². The first-order valence-corrected chi connectivity index (χ1v) is 6.01. The maximum absolute atomic E-state index is 9.95. The molecule has 3 rings (SSSR count). The molecule has 0 saturated carbocycles. The lowest BCUT2D eigenvalue weighted by Crippen LogP contribution is -1.99. The van der Waals surface area contributed by atoms with Crippen LogP contribution in [-0.4, -0.2) is 10.1 Å². The molecule has 84 valence electrons. The number of fused-ring (bicyclic) bond motifs is 3. The molecule has 0 saturated heterocycles. The molecule has 1 aliphatic rings. The molecule has 0 amide bonds. The number of phenolic OH excluding ortho intramolecular Hbond substituents is 1. The van der Waals surface area contributed by atoms with Gasteiger partial charge in [-0.2, -0.15) is 0 Å². The Morgan fingerprint density at radius 2 is 1.94 bits per heavy atom. The molecule has 1 aromatic carbocycles. The van der Waals surface area contributed by atoms with Gasteiger partial charge in [0.25, 0.3) is 0 Å². The monoisotopic (exact) mass is 215 g/mol. The highest BCUT2D eigenvalue weighted by Crippen LogP contribution is 2.35. The molecule has 1 aromatic heterocycles. The van der Waals surface area contributed by atoms with Crippen LogP contribution in [0.15, 0.2) is 6.07 Å². The van der Waals surface area contributed by atoms with Crippen molar-refractivity contribution in [1.82, 2.24) is 4.98 Å². The summed E-state index contributed by atoms with van der Waals surface area (Å²) in [5.74, 6) is 0.436. The zero-order valence-electron chi connectivity index (χ0n) is 9.85. The summed E-state index contributed by atoms with van der Waals surface area (Å²) in [6.45, 7) is 3.97. The number of nitrogens with one attached hydrogen (secondary N) is 1. The van der Waals surface area contributed by atoms with Crippen LogP contribution in [0.5, 0.6) is 5.75 Å². The fourth-order valence-corrected chi connectivity index (χ4v) is 2.86. The Hall–Kier alpha value is -1.44. The highest BCUT2D eigenvalue weighted by atomic mass is 16.3. The van der Waals surface area contributed by atoms with E-state index >= 15 is 0 Å². The number of aromatic nitrogens is 1. The second-order valence-corrected chi connectivity index (χ2v) is 4.88. The quantitative estimate of drug-likeness (QED) is 0.694. The highest BCUT2D eigenvalue weighted by Gasteiger charge is 2.18. The second kappa shape index (κ2) is 3.27. The van der Waals surface area contributed by atoms with Gasteiger partial charge in [0, 0.05) is 16.6 Å². The molecule has 0 radical (unpaired) electrons. The number of rotatable bonds is 0. The maximum Gasteiger partial charge on any atom is 0.123 e. The van der Waals surface area contributed by atoms with Crippen molar-refractivity contribution in [3.05, 3.63) is 28.5 Å². The summed E-state index contributed by atoms with van der Waals surface area (Å²) in [6, 6.07) is 2.12. The lowest BCUT2D eigenvalue weighted by atomic mass is 9.94.